The molecule has 0 aliphatic heterocycles. The summed E-state index contributed by atoms with van der Waals surface area (Å²) in [6.45, 7) is 3.94. The third kappa shape index (κ3) is 2.53. The van der Waals surface area contributed by atoms with Crippen LogP contribution in [0.4, 0.5) is 0 Å². The van der Waals surface area contributed by atoms with Gasteiger partial charge in [0.25, 0.3) is 0 Å². The first-order valence-corrected chi connectivity index (χ1v) is 5.41. The van der Waals surface area contributed by atoms with Crippen molar-refractivity contribution < 1.29 is 9.53 Å². The van der Waals surface area contributed by atoms with Gasteiger partial charge in [0.2, 0.25) is 0 Å². The fraction of sp³-hybridized carbons (Fsp3) is 0.333. The maximum atomic E-state index is 11.5. The molecule has 0 amide bonds. The van der Waals surface area contributed by atoms with Crippen molar-refractivity contribution in [2.45, 2.75) is 20.3 Å². The van der Waals surface area contributed by atoms with Gasteiger partial charge in [-0.2, -0.15) is 5.26 Å². The lowest BCUT2D eigenvalue weighted by Gasteiger charge is -2.07. The molecule has 0 bridgehead atoms. The fourth-order valence-corrected chi connectivity index (χ4v) is 1.78. The Hall–Kier alpha value is -1.53. The summed E-state index contributed by atoms with van der Waals surface area (Å²) < 4.78 is 4.85. The zero-order valence-corrected chi connectivity index (χ0v) is 9.97. The van der Waals surface area contributed by atoms with Crippen molar-refractivity contribution in [3.8, 4) is 6.07 Å². The van der Waals surface area contributed by atoms with Gasteiger partial charge in [0.15, 0.2) is 0 Å². The predicted octanol–water partition coefficient (Wildman–Crippen LogP) is 2.95. The highest BCUT2D eigenvalue weighted by atomic mass is 35.5. The highest BCUT2D eigenvalue weighted by molar-refractivity contribution is 6.31. The number of hydrogen-bond donors (Lipinski definition) is 0. The number of halogens is 1. The molecular weight excluding hydrogens is 226 g/mol. The zero-order valence-electron chi connectivity index (χ0n) is 9.21. The summed E-state index contributed by atoms with van der Waals surface area (Å²) in [7, 11) is 0. The molecule has 0 N–H and O–H groups in total. The van der Waals surface area contributed by atoms with Crippen molar-refractivity contribution in [3.63, 3.8) is 0 Å². The number of rotatable bonds is 3. The molecule has 1 aromatic carbocycles. The van der Waals surface area contributed by atoms with Crippen LogP contribution in [0.3, 0.4) is 0 Å². The largest absolute Gasteiger partial charge is 0.462 e. The molecule has 0 saturated heterocycles. The van der Waals surface area contributed by atoms with E-state index in [1.54, 1.807) is 13.0 Å². The van der Waals surface area contributed by atoms with E-state index in [0.29, 0.717) is 29.2 Å². The van der Waals surface area contributed by atoms with Crippen LogP contribution in [0.2, 0.25) is 5.02 Å². The number of nitrogens with zero attached hydrogens (tertiary/aromatic N) is 1. The van der Waals surface area contributed by atoms with Crippen molar-refractivity contribution >= 4 is 17.6 Å². The second-order valence-corrected chi connectivity index (χ2v) is 3.58. The summed E-state index contributed by atoms with van der Waals surface area (Å²) in [6.07, 6.45) is 0.658. The van der Waals surface area contributed by atoms with Crippen LogP contribution in [-0.2, 0) is 11.2 Å². The number of hydrogen-bond acceptors (Lipinski definition) is 3. The molecular formula is C12H12ClNO2. The van der Waals surface area contributed by atoms with Gasteiger partial charge in [-0.25, -0.2) is 4.79 Å². The predicted molar refractivity (Wildman–Crippen MR) is 61.5 cm³/mol. The average molecular weight is 238 g/mol. The summed E-state index contributed by atoms with van der Waals surface area (Å²) >= 11 is 6.00. The molecule has 3 nitrogen and oxygen atoms in total. The van der Waals surface area contributed by atoms with Crippen LogP contribution in [0, 0.1) is 11.3 Å². The van der Waals surface area contributed by atoms with Crippen LogP contribution in [0.5, 0.6) is 0 Å². The summed E-state index contributed by atoms with van der Waals surface area (Å²) in [6, 6.07) is 5.09. The lowest BCUT2D eigenvalue weighted by molar-refractivity contribution is 0.0526. The molecule has 0 fully saturated rings. The number of nitriles is 1. The Kier molecular flexibility index (Phi) is 4.33. The molecule has 4 heteroatoms. The van der Waals surface area contributed by atoms with Crippen molar-refractivity contribution in [3.05, 3.63) is 33.8 Å². The van der Waals surface area contributed by atoms with E-state index in [-0.39, 0.29) is 0 Å². The molecule has 0 aliphatic rings. The highest BCUT2D eigenvalue weighted by Gasteiger charge is 2.13. The second kappa shape index (κ2) is 5.53. The van der Waals surface area contributed by atoms with Gasteiger partial charge in [-0.3, -0.25) is 0 Å². The molecule has 1 aromatic rings. The molecule has 16 heavy (non-hydrogen) atoms. The Bertz CT molecular complexity index is 449. The Morgan fingerprint density at radius 2 is 2.19 bits per heavy atom. The summed E-state index contributed by atoms with van der Waals surface area (Å²) in [5.74, 6) is -0.455. The zero-order chi connectivity index (χ0) is 12.1. The van der Waals surface area contributed by atoms with Gasteiger partial charge >= 0.3 is 5.97 Å². The maximum absolute atomic E-state index is 11.5. The monoisotopic (exact) mass is 237 g/mol. The van der Waals surface area contributed by atoms with E-state index in [4.69, 9.17) is 21.6 Å². The molecule has 0 atom stereocenters. The SMILES string of the molecule is CCOC(=O)c1cc(Cl)c(CC)c(C#N)c1. The molecule has 0 radical (unpaired) electrons. The molecule has 1 rings (SSSR count). The van der Waals surface area contributed by atoms with Crippen molar-refractivity contribution in [2.24, 2.45) is 0 Å². The highest BCUT2D eigenvalue weighted by Crippen LogP contribution is 2.23. The molecule has 0 aromatic heterocycles. The Labute approximate surface area is 99.6 Å². The molecule has 0 saturated carbocycles. The summed E-state index contributed by atoms with van der Waals surface area (Å²) in [5.41, 5.74) is 1.51. The second-order valence-electron chi connectivity index (χ2n) is 3.17. The Balaban J connectivity index is 3.21. The van der Waals surface area contributed by atoms with Crippen LogP contribution in [-0.4, -0.2) is 12.6 Å². The minimum Gasteiger partial charge on any atom is -0.462 e. The molecule has 0 aliphatic carbocycles. The van der Waals surface area contributed by atoms with Crippen LogP contribution in [0.1, 0.15) is 35.3 Å². The van der Waals surface area contributed by atoms with Crippen molar-refractivity contribution in [1.29, 1.82) is 5.26 Å². The van der Waals surface area contributed by atoms with Gasteiger partial charge in [0.1, 0.15) is 0 Å². The molecule has 84 valence electrons. The van der Waals surface area contributed by atoms with Gasteiger partial charge in [-0.05, 0) is 31.0 Å². The topological polar surface area (TPSA) is 50.1 Å². The van der Waals surface area contributed by atoms with Crippen LogP contribution in [0.15, 0.2) is 12.1 Å². The third-order valence-corrected chi connectivity index (χ3v) is 2.52. The quantitative estimate of drug-likeness (QED) is 0.760. The minimum absolute atomic E-state index is 0.299. The summed E-state index contributed by atoms with van der Waals surface area (Å²) in [5, 5.41) is 9.38. The lowest BCUT2D eigenvalue weighted by Crippen LogP contribution is -2.06. The molecule has 0 heterocycles. The van der Waals surface area contributed by atoms with E-state index in [2.05, 4.69) is 0 Å². The van der Waals surface area contributed by atoms with E-state index >= 15 is 0 Å². The lowest BCUT2D eigenvalue weighted by atomic mass is 10.0. The van der Waals surface area contributed by atoms with Gasteiger partial charge in [0, 0.05) is 5.02 Å². The maximum Gasteiger partial charge on any atom is 0.338 e. The Morgan fingerprint density at radius 1 is 1.50 bits per heavy atom. The van der Waals surface area contributed by atoms with Crippen LogP contribution in [0.25, 0.3) is 0 Å². The minimum atomic E-state index is -0.455. The fourth-order valence-electron chi connectivity index (χ4n) is 1.43. The number of benzene rings is 1. The van der Waals surface area contributed by atoms with E-state index in [1.807, 2.05) is 13.0 Å². The number of ether oxygens (including phenoxy) is 1. The first-order chi connectivity index (χ1) is 7.63. The number of esters is 1. The normalized spacial score (nSPS) is 9.62. The van der Waals surface area contributed by atoms with E-state index in [0.717, 1.165) is 5.56 Å². The van der Waals surface area contributed by atoms with Gasteiger partial charge < -0.3 is 4.74 Å². The van der Waals surface area contributed by atoms with E-state index in [1.165, 1.54) is 6.07 Å². The first kappa shape index (κ1) is 12.5. The van der Waals surface area contributed by atoms with Crippen molar-refractivity contribution in [1.82, 2.24) is 0 Å². The number of carbonyl (C=O) groups excluding carboxylic acids is 1. The third-order valence-electron chi connectivity index (χ3n) is 2.18. The average Bonchev–Trinajstić information content (AvgIpc) is 2.28. The molecule has 0 unspecified atom stereocenters. The van der Waals surface area contributed by atoms with Gasteiger partial charge in [-0.15, -0.1) is 0 Å². The standard InChI is InChI=1S/C12H12ClNO2/c1-3-10-9(7-14)5-8(6-11(10)13)12(15)16-4-2/h5-6H,3-4H2,1-2H3. The Morgan fingerprint density at radius 3 is 2.69 bits per heavy atom. The summed E-state index contributed by atoms with van der Waals surface area (Å²) in [4.78, 5) is 11.5. The van der Waals surface area contributed by atoms with Gasteiger partial charge in [-0.1, -0.05) is 18.5 Å². The molecule has 0 spiro atoms. The van der Waals surface area contributed by atoms with Crippen molar-refractivity contribution in [2.75, 3.05) is 6.61 Å². The van der Waals surface area contributed by atoms with E-state index in [9.17, 15) is 4.79 Å². The first-order valence-electron chi connectivity index (χ1n) is 5.03. The van der Waals surface area contributed by atoms with E-state index < -0.39 is 5.97 Å². The van der Waals surface area contributed by atoms with Crippen LogP contribution < -0.4 is 0 Å². The number of carbonyl (C=O) groups is 1. The van der Waals surface area contributed by atoms with Crippen LogP contribution >= 0.6 is 11.6 Å². The van der Waals surface area contributed by atoms with Gasteiger partial charge in [0.05, 0.1) is 23.8 Å². The smallest absolute Gasteiger partial charge is 0.338 e.